The third-order valence-electron chi connectivity index (χ3n) is 6.40. The average Bonchev–Trinajstić information content (AvgIpc) is 2.84. The van der Waals surface area contributed by atoms with Crippen molar-refractivity contribution in [2.45, 2.75) is 38.5 Å². The van der Waals surface area contributed by atoms with E-state index in [0.29, 0.717) is 0 Å². The molecule has 0 amide bonds. The van der Waals surface area contributed by atoms with Crippen molar-refractivity contribution < 1.29 is 4.57 Å². The molecule has 0 saturated heterocycles. The quantitative estimate of drug-likeness (QED) is 0.506. The van der Waals surface area contributed by atoms with Gasteiger partial charge in [0.25, 0.3) is 0 Å². The minimum Gasteiger partial charge on any atom is -0.201 e. The molecule has 0 bridgehead atoms. The van der Waals surface area contributed by atoms with E-state index in [4.69, 9.17) is 0 Å². The lowest BCUT2D eigenvalue weighted by atomic mass is 9.71. The molecule has 1 heteroatoms. The standard InChI is InChI=1S/C24H24N/c1-16-12-13-19-18-10-4-5-11-20(18)24(2)14-6-8-17-9-7-15-25(3)23(17)21(16)22(19)24/h4-5,7,9-13,15H,6,8,14H2,1-3H3/q+1. The van der Waals surface area contributed by atoms with Gasteiger partial charge in [-0.2, -0.15) is 0 Å². The first-order chi connectivity index (χ1) is 12.1. The van der Waals surface area contributed by atoms with E-state index in [1.807, 2.05) is 0 Å². The smallest absolute Gasteiger partial charge is 0.201 e. The summed E-state index contributed by atoms with van der Waals surface area (Å²) in [6.45, 7) is 4.74. The van der Waals surface area contributed by atoms with Crippen molar-refractivity contribution in [1.29, 1.82) is 0 Å². The van der Waals surface area contributed by atoms with Crippen molar-refractivity contribution in [1.82, 2.24) is 0 Å². The normalized spacial score (nSPS) is 20.3. The van der Waals surface area contributed by atoms with Gasteiger partial charge in [-0.05, 0) is 60.1 Å². The highest BCUT2D eigenvalue weighted by Gasteiger charge is 2.43. The van der Waals surface area contributed by atoms with Gasteiger partial charge in [0, 0.05) is 17.0 Å². The van der Waals surface area contributed by atoms with Crippen molar-refractivity contribution in [3.63, 3.8) is 0 Å². The van der Waals surface area contributed by atoms with Crippen LogP contribution >= 0.6 is 0 Å². The molecule has 1 unspecified atom stereocenters. The van der Waals surface area contributed by atoms with Crippen molar-refractivity contribution in [3.8, 4) is 22.4 Å². The van der Waals surface area contributed by atoms with E-state index in [2.05, 4.69) is 80.2 Å². The van der Waals surface area contributed by atoms with Crippen LogP contribution in [0.15, 0.2) is 54.7 Å². The summed E-state index contributed by atoms with van der Waals surface area (Å²) in [5.74, 6) is 0. The average molecular weight is 326 g/mol. The zero-order valence-corrected chi connectivity index (χ0v) is 15.3. The molecule has 124 valence electrons. The Labute approximate surface area is 150 Å². The van der Waals surface area contributed by atoms with Crippen LogP contribution in [0.2, 0.25) is 0 Å². The molecular weight excluding hydrogens is 302 g/mol. The lowest BCUT2D eigenvalue weighted by Crippen LogP contribution is -2.34. The fourth-order valence-corrected chi connectivity index (χ4v) is 5.24. The first-order valence-electron chi connectivity index (χ1n) is 9.33. The van der Waals surface area contributed by atoms with E-state index in [-0.39, 0.29) is 5.41 Å². The second-order valence-electron chi connectivity index (χ2n) is 7.90. The highest BCUT2D eigenvalue weighted by molar-refractivity contribution is 5.89. The highest BCUT2D eigenvalue weighted by atomic mass is 14.9. The lowest BCUT2D eigenvalue weighted by Gasteiger charge is -2.31. The van der Waals surface area contributed by atoms with Crippen LogP contribution in [0.4, 0.5) is 0 Å². The van der Waals surface area contributed by atoms with Crippen molar-refractivity contribution >= 4 is 0 Å². The number of pyridine rings is 1. The summed E-state index contributed by atoms with van der Waals surface area (Å²) >= 11 is 0. The SMILES string of the molecule is Cc1ccc2c3c1-c1c(ccc[n+]1C)CCCC3(C)c1ccccc1-2. The van der Waals surface area contributed by atoms with Crippen molar-refractivity contribution in [2.75, 3.05) is 0 Å². The minimum absolute atomic E-state index is 0.119. The maximum Gasteiger partial charge on any atom is 0.216 e. The second-order valence-corrected chi connectivity index (χ2v) is 7.90. The van der Waals surface area contributed by atoms with Gasteiger partial charge < -0.3 is 0 Å². The summed E-state index contributed by atoms with van der Waals surface area (Å²) in [7, 11) is 2.19. The lowest BCUT2D eigenvalue weighted by molar-refractivity contribution is -0.660. The zero-order chi connectivity index (χ0) is 17.2. The van der Waals surface area contributed by atoms with Gasteiger partial charge in [0.1, 0.15) is 7.05 Å². The van der Waals surface area contributed by atoms with Gasteiger partial charge in [-0.15, -0.1) is 0 Å². The van der Waals surface area contributed by atoms with Gasteiger partial charge in [0.05, 0.1) is 5.56 Å². The molecule has 2 aliphatic rings. The Morgan fingerprint density at radius 2 is 1.80 bits per heavy atom. The predicted molar refractivity (Wildman–Crippen MR) is 103 cm³/mol. The van der Waals surface area contributed by atoms with Crippen LogP contribution in [0, 0.1) is 6.92 Å². The molecule has 1 nitrogen and oxygen atoms in total. The largest absolute Gasteiger partial charge is 0.216 e. The third-order valence-corrected chi connectivity index (χ3v) is 6.40. The Kier molecular flexibility index (Phi) is 3.01. The Morgan fingerprint density at radius 1 is 0.960 bits per heavy atom. The summed E-state index contributed by atoms with van der Waals surface area (Å²) in [5, 5.41) is 0. The van der Waals surface area contributed by atoms with Gasteiger partial charge in [-0.25, -0.2) is 4.57 Å². The van der Waals surface area contributed by atoms with E-state index < -0.39 is 0 Å². The van der Waals surface area contributed by atoms with E-state index in [1.165, 1.54) is 51.9 Å². The summed E-state index contributed by atoms with van der Waals surface area (Å²) in [6, 6.07) is 18.2. The summed E-state index contributed by atoms with van der Waals surface area (Å²) < 4.78 is 2.33. The van der Waals surface area contributed by atoms with Crippen LogP contribution in [0.1, 0.15) is 42.0 Å². The molecule has 25 heavy (non-hydrogen) atoms. The van der Waals surface area contributed by atoms with E-state index in [0.717, 1.165) is 6.42 Å². The number of rotatable bonds is 0. The Hall–Kier alpha value is -2.41. The van der Waals surface area contributed by atoms with Gasteiger partial charge in [0.2, 0.25) is 5.69 Å². The number of aromatic nitrogens is 1. The maximum absolute atomic E-state index is 2.47. The summed E-state index contributed by atoms with van der Waals surface area (Å²) in [5.41, 5.74) is 11.8. The first kappa shape index (κ1) is 14.9. The Bertz CT molecular complexity index is 1010. The van der Waals surface area contributed by atoms with Gasteiger partial charge >= 0.3 is 0 Å². The Balaban J connectivity index is 1.96. The summed E-state index contributed by atoms with van der Waals surface area (Å²) in [4.78, 5) is 0. The third kappa shape index (κ3) is 1.87. The topological polar surface area (TPSA) is 3.88 Å². The fourth-order valence-electron chi connectivity index (χ4n) is 5.24. The van der Waals surface area contributed by atoms with Crippen LogP contribution in [-0.2, 0) is 18.9 Å². The van der Waals surface area contributed by atoms with Crippen LogP contribution in [-0.4, -0.2) is 0 Å². The molecule has 1 atom stereocenters. The number of fused-ring (bicyclic) bond motifs is 5. The fraction of sp³-hybridized carbons (Fsp3) is 0.292. The van der Waals surface area contributed by atoms with Crippen LogP contribution in [0.25, 0.3) is 22.4 Å². The number of hydrogen-bond acceptors (Lipinski definition) is 0. The van der Waals surface area contributed by atoms with Gasteiger partial charge in [-0.3, -0.25) is 0 Å². The molecule has 0 radical (unpaired) electrons. The number of aryl methyl sites for hydroxylation is 3. The number of hydrogen-bond donors (Lipinski definition) is 0. The van der Waals surface area contributed by atoms with Crippen molar-refractivity contribution in [2.24, 2.45) is 7.05 Å². The van der Waals surface area contributed by atoms with Crippen LogP contribution in [0.3, 0.4) is 0 Å². The molecule has 2 aromatic carbocycles. The minimum atomic E-state index is 0.119. The van der Waals surface area contributed by atoms with Crippen LogP contribution in [0.5, 0.6) is 0 Å². The number of benzene rings is 2. The molecule has 0 aliphatic heterocycles. The molecule has 2 aliphatic carbocycles. The molecule has 0 fully saturated rings. The Morgan fingerprint density at radius 3 is 2.68 bits per heavy atom. The molecule has 0 N–H and O–H groups in total. The molecule has 0 saturated carbocycles. The molecule has 5 rings (SSSR count). The van der Waals surface area contributed by atoms with Crippen molar-refractivity contribution in [3.05, 3.63) is 77.0 Å². The maximum atomic E-state index is 2.47. The molecule has 3 aromatic rings. The van der Waals surface area contributed by atoms with E-state index in [1.54, 1.807) is 5.56 Å². The van der Waals surface area contributed by atoms with E-state index in [9.17, 15) is 0 Å². The molecule has 1 aromatic heterocycles. The second kappa shape index (κ2) is 5.05. The monoisotopic (exact) mass is 326 g/mol. The number of nitrogens with zero attached hydrogens (tertiary/aromatic N) is 1. The van der Waals surface area contributed by atoms with E-state index >= 15 is 0 Å². The zero-order valence-electron chi connectivity index (χ0n) is 15.3. The van der Waals surface area contributed by atoms with Gasteiger partial charge in [0.15, 0.2) is 6.20 Å². The highest BCUT2D eigenvalue weighted by Crippen LogP contribution is 2.55. The molecule has 1 heterocycles. The molecular formula is C24H24N+. The van der Waals surface area contributed by atoms with Gasteiger partial charge in [-0.1, -0.05) is 43.3 Å². The molecule has 0 spiro atoms. The predicted octanol–water partition coefficient (Wildman–Crippen LogP) is 5.11. The van der Waals surface area contributed by atoms with Crippen LogP contribution < -0.4 is 4.57 Å². The summed E-state index contributed by atoms with van der Waals surface area (Å²) in [6.07, 6.45) is 5.80. The first-order valence-corrected chi connectivity index (χ1v) is 9.33.